The summed E-state index contributed by atoms with van der Waals surface area (Å²) in [6.45, 7) is 3.17. The van der Waals surface area contributed by atoms with E-state index in [1.807, 2.05) is 24.3 Å². The molecule has 25 heavy (non-hydrogen) atoms. The van der Waals surface area contributed by atoms with Crippen LogP contribution in [0.25, 0.3) is 0 Å². The lowest BCUT2D eigenvalue weighted by molar-refractivity contribution is 0.220. The van der Waals surface area contributed by atoms with Crippen LogP contribution in [0.1, 0.15) is 24.1 Å². The molecule has 1 aromatic heterocycles. The molecule has 2 N–H and O–H groups in total. The van der Waals surface area contributed by atoms with E-state index in [1.54, 1.807) is 12.3 Å². The molecular weight excluding hydrogens is 317 g/mol. The van der Waals surface area contributed by atoms with Crippen LogP contribution in [0, 0.1) is 11.7 Å². The predicted octanol–water partition coefficient (Wildman–Crippen LogP) is 2.76. The first-order chi connectivity index (χ1) is 12.3. The first-order valence-corrected chi connectivity index (χ1v) is 9.01. The first-order valence-electron chi connectivity index (χ1n) is 9.01. The van der Waals surface area contributed by atoms with Gasteiger partial charge in [0, 0.05) is 55.9 Å². The van der Waals surface area contributed by atoms with Crippen molar-refractivity contribution in [3.8, 4) is 0 Å². The van der Waals surface area contributed by atoms with Gasteiger partial charge in [-0.1, -0.05) is 12.1 Å². The fourth-order valence-electron chi connectivity index (χ4n) is 3.39. The average Bonchev–Trinajstić information content (AvgIpc) is 3.17. The van der Waals surface area contributed by atoms with E-state index in [2.05, 4.69) is 15.2 Å². The molecule has 1 atom stereocenters. The number of aliphatic hydroxyl groups excluding tert-OH is 1. The van der Waals surface area contributed by atoms with Crippen molar-refractivity contribution in [2.45, 2.75) is 25.8 Å². The standard InChI is InChI=1S/C20H26FN3O/c21-19-7-5-8-20(24-10-3-4-11-24)18(19)14-22-13-16(15-25)12-17-6-1-2-9-23-17/h1-2,5-9,16,22,25H,3-4,10-15H2. The molecule has 1 fully saturated rings. The topological polar surface area (TPSA) is 48.4 Å². The Morgan fingerprint density at radius 2 is 2.00 bits per heavy atom. The van der Waals surface area contributed by atoms with Gasteiger partial charge in [0.2, 0.25) is 0 Å². The van der Waals surface area contributed by atoms with Crippen LogP contribution in [-0.2, 0) is 13.0 Å². The van der Waals surface area contributed by atoms with Gasteiger partial charge in [0.15, 0.2) is 0 Å². The summed E-state index contributed by atoms with van der Waals surface area (Å²) in [6.07, 6.45) is 4.81. The molecule has 0 aliphatic carbocycles. The van der Waals surface area contributed by atoms with Crippen LogP contribution in [0.5, 0.6) is 0 Å². The van der Waals surface area contributed by atoms with Crippen LogP contribution in [0.3, 0.4) is 0 Å². The number of hydrogen-bond acceptors (Lipinski definition) is 4. The Morgan fingerprint density at radius 3 is 2.72 bits per heavy atom. The van der Waals surface area contributed by atoms with Crippen molar-refractivity contribution in [3.05, 3.63) is 59.7 Å². The highest BCUT2D eigenvalue weighted by Gasteiger charge is 2.18. The summed E-state index contributed by atoms with van der Waals surface area (Å²) >= 11 is 0. The number of halogens is 1. The summed E-state index contributed by atoms with van der Waals surface area (Å²) in [7, 11) is 0. The molecule has 1 aromatic carbocycles. The van der Waals surface area contributed by atoms with Crippen LogP contribution in [0.4, 0.5) is 10.1 Å². The Labute approximate surface area is 148 Å². The lowest BCUT2D eigenvalue weighted by Gasteiger charge is -2.22. The summed E-state index contributed by atoms with van der Waals surface area (Å²) in [6, 6.07) is 11.1. The zero-order chi connectivity index (χ0) is 17.5. The lowest BCUT2D eigenvalue weighted by Crippen LogP contribution is -2.28. The Kier molecular flexibility index (Phi) is 6.36. The van der Waals surface area contributed by atoms with E-state index in [9.17, 15) is 9.50 Å². The number of hydrogen-bond donors (Lipinski definition) is 2. The smallest absolute Gasteiger partial charge is 0.129 e. The Bertz CT molecular complexity index is 659. The molecule has 1 saturated heterocycles. The zero-order valence-corrected chi connectivity index (χ0v) is 14.5. The SMILES string of the molecule is OCC(CNCc1c(F)cccc1N1CCCC1)Cc1ccccn1. The molecular formula is C20H26FN3O. The molecule has 0 bridgehead atoms. The van der Waals surface area contributed by atoms with E-state index >= 15 is 0 Å². The molecule has 2 heterocycles. The normalized spacial score (nSPS) is 15.5. The van der Waals surface area contributed by atoms with E-state index < -0.39 is 0 Å². The minimum Gasteiger partial charge on any atom is -0.396 e. The molecule has 1 unspecified atom stereocenters. The van der Waals surface area contributed by atoms with Gasteiger partial charge in [-0.3, -0.25) is 4.98 Å². The summed E-state index contributed by atoms with van der Waals surface area (Å²) in [5, 5.41) is 12.9. The Hall–Kier alpha value is -1.98. The molecule has 0 radical (unpaired) electrons. The molecule has 0 spiro atoms. The molecule has 5 heteroatoms. The maximum atomic E-state index is 14.3. The fraction of sp³-hybridized carbons (Fsp3) is 0.450. The van der Waals surface area contributed by atoms with Gasteiger partial charge in [-0.05, 0) is 49.4 Å². The van der Waals surface area contributed by atoms with Crippen molar-refractivity contribution >= 4 is 5.69 Å². The number of rotatable bonds is 8. The fourth-order valence-corrected chi connectivity index (χ4v) is 3.39. The van der Waals surface area contributed by atoms with Gasteiger partial charge >= 0.3 is 0 Å². The molecule has 2 aromatic rings. The van der Waals surface area contributed by atoms with Crippen molar-refractivity contribution in [1.82, 2.24) is 10.3 Å². The Morgan fingerprint density at radius 1 is 1.16 bits per heavy atom. The second kappa shape index (κ2) is 8.92. The van der Waals surface area contributed by atoms with Crippen LogP contribution < -0.4 is 10.2 Å². The van der Waals surface area contributed by atoms with Crippen molar-refractivity contribution in [1.29, 1.82) is 0 Å². The van der Waals surface area contributed by atoms with Crippen molar-refractivity contribution in [2.75, 3.05) is 31.1 Å². The maximum absolute atomic E-state index is 14.3. The van der Waals surface area contributed by atoms with E-state index in [0.29, 0.717) is 19.5 Å². The molecule has 1 aliphatic heterocycles. The van der Waals surface area contributed by atoms with E-state index in [4.69, 9.17) is 0 Å². The zero-order valence-electron chi connectivity index (χ0n) is 14.5. The van der Waals surface area contributed by atoms with Crippen LogP contribution in [0.2, 0.25) is 0 Å². The van der Waals surface area contributed by atoms with Gasteiger partial charge in [-0.25, -0.2) is 4.39 Å². The molecule has 0 amide bonds. The minimum atomic E-state index is -0.165. The maximum Gasteiger partial charge on any atom is 0.129 e. The highest BCUT2D eigenvalue weighted by atomic mass is 19.1. The second-order valence-corrected chi connectivity index (χ2v) is 6.64. The van der Waals surface area contributed by atoms with E-state index in [1.165, 1.54) is 18.9 Å². The summed E-state index contributed by atoms with van der Waals surface area (Å²) in [5.41, 5.74) is 2.68. The third kappa shape index (κ3) is 4.77. The highest BCUT2D eigenvalue weighted by molar-refractivity contribution is 5.54. The van der Waals surface area contributed by atoms with Gasteiger partial charge in [0.25, 0.3) is 0 Å². The van der Waals surface area contributed by atoms with Crippen LogP contribution >= 0.6 is 0 Å². The lowest BCUT2D eigenvalue weighted by atomic mass is 10.0. The van der Waals surface area contributed by atoms with Gasteiger partial charge in [0.05, 0.1) is 0 Å². The molecule has 4 nitrogen and oxygen atoms in total. The van der Waals surface area contributed by atoms with Crippen LogP contribution in [0.15, 0.2) is 42.6 Å². The quantitative estimate of drug-likeness (QED) is 0.774. The van der Waals surface area contributed by atoms with E-state index in [0.717, 1.165) is 30.0 Å². The Balaban J connectivity index is 1.59. The van der Waals surface area contributed by atoms with E-state index in [-0.39, 0.29) is 18.3 Å². The molecule has 134 valence electrons. The monoisotopic (exact) mass is 343 g/mol. The minimum absolute atomic E-state index is 0.0666. The van der Waals surface area contributed by atoms with Crippen molar-refractivity contribution in [3.63, 3.8) is 0 Å². The number of nitrogens with zero attached hydrogens (tertiary/aromatic N) is 2. The summed E-state index contributed by atoms with van der Waals surface area (Å²) in [4.78, 5) is 6.57. The highest BCUT2D eigenvalue weighted by Crippen LogP contribution is 2.26. The summed E-state index contributed by atoms with van der Waals surface area (Å²) < 4.78 is 14.3. The van der Waals surface area contributed by atoms with Gasteiger partial charge in [-0.2, -0.15) is 0 Å². The average molecular weight is 343 g/mol. The van der Waals surface area contributed by atoms with Crippen LogP contribution in [-0.4, -0.2) is 36.3 Å². The number of pyridine rings is 1. The third-order valence-electron chi connectivity index (χ3n) is 4.76. The first kappa shape index (κ1) is 17.8. The molecule has 3 rings (SSSR count). The number of nitrogens with one attached hydrogen (secondary N) is 1. The molecule has 0 saturated carbocycles. The molecule has 1 aliphatic rings. The van der Waals surface area contributed by atoms with Gasteiger partial charge in [0.1, 0.15) is 5.82 Å². The predicted molar refractivity (Wildman–Crippen MR) is 98.1 cm³/mol. The summed E-state index contributed by atoms with van der Waals surface area (Å²) in [5.74, 6) is -0.0981. The number of anilines is 1. The largest absolute Gasteiger partial charge is 0.396 e. The number of benzene rings is 1. The number of aliphatic hydroxyl groups is 1. The second-order valence-electron chi connectivity index (χ2n) is 6.64. The third-order valence-corrected chi connectivity index (χ3v) is 4.76. The van der Waals surface area contributed by atoms with Gasteiger partial charge in [-0.15, -0.1) is 0 Å². The van der Waals surface area contributed by atoms with Crippen molar-refractivity contribution in [2.24, 2.45) is 5.92 Å². The number of aromatic nitrogens is 1. The van der Waals surface area contributed by atoms with Crippen molar-refractivity contribution < 1.29 is 9.50 Å². The van der Waals surface area contributed by atoms with Gasteiger partial charge < -0.3 is 15.3 Å².